The molecule has 1 atom stereocenters. The van der Waals surface area contributed by atoms with E-state index in [1.807, 2.05) is 0 Å². The Bertz CT molecular complexity index is 933. The summed E-state index contributed by atoms with van der Waals surface area (Å²) in [4.78, 5) is 20.9. The van der Waals surface area contributed by atoms with Gasteiger partial charge in [-0.15, -0.1) is 0 Å². The first-order valence-corrected chi connectivity index (χ1v) is 8.86. The van der Waals surface area contributed by atoms with Crippen LogP contribution >= 0.6 is 0 Å². The first-order valence-electron chi connectivity index (χ1n) is 8.86. The van der Waals surface area contributed by atoms with E-state index >= 15 is 0 Å². The average Bonchev–Trinajstić information content (AvgIpc) is 3.32. The van der Waals surface area contributed by atoms with Gasteiger partial charge in [-0.05, 0) is 47.6 Å². The van der Waals surface area contributed by atoms with Crippen molar-refractivity contribution >= 4 is 5.91 Å². The summed E-state index contributed by atoms with van der Waals surface area (Å²) < 4.78 is 1.54. The maximum Gasteiger partial charge on any atom is 0.251 e. The van der Waals surface area contributed by atoms with E-state index in [1.165, 1.54) is 27.7 Å². The molecule has 4 rings (SSSR count). The highest BCUT2D eigenvalue weighted by Crippen LogP contribution is 2.33. The third-order valence-corrected chi connectivity index (χ3v) is 4.88. The molecule has 0 radical (unpaired) electrons. The summed E-state index contributed by atoms with van der Waals surface area (Å²) in [5.74, 6) is 0.952. The van der Waals surface area contributed by atoms with E-state index in [1.54, 1.807) is 24.7 Å². The van der Waals surface area contributed by atoms with Gasteiger partial charge in [-0.2, -0.15) is 5.10 Å². The minimum atomic E-state index is -0.0958. The Hall–Kier alpha value is -3.02. The summed E-state index contributed by atoms with van der Waals surface area (Å²) in [5, 5.41) is 7.24. The number of benzene rings is 1. The quantitative estimate of drug-likeness (QED) is 0.786. The molecule has 26 heavy (non-hydrogen) atoms. The zero-order valence-electron chi connectivity index (χ0n) is 14.9. The van der Waals surface area contributed by atoms with Crippen molar-refractivity contribution in [2.45, 2.75) is 38.6 Å². The van der Waals surface area contributed by atoms with E-state index in [4.69, 9.17) is 0 Å². The van der Waals surface area contributed by atoms with E-state index < -0.39 is 0 Å². The number of fused-ring (bicyclic) bond motifs is 1. The fourth-order valence-electron chi connectivity index (χ4n) is 3.38. The lowest BCUT2D eigenvalue weighted by atomic mass is 9.97. The predicted octanol–water partition coefficient (Wildman–Crippen LogP) is 3.20. The van der Waals surface area contributed by atoms with Gasteiger partial charge in [-0.3, -0.25) is 4.79 Å². The highest BCUT2D eigenvalue weighted by Gasteiger charge is 2.25. The van der Waals surface area contributed by atoms with Gasteiger partial charge in [-0.1, -0.05) is 32.0 Å². The van der Waals surface area contributed by atoms with Crippen LogP contribution in [0.15, 0.2) is 49.2 Å². The van der Waals surface area contributed by atoms with Gasteiger partial charge in [-0.25, -0.2) is 14.6 Å². The van der Waals surface area contributed by atoms with Gasteiger partial charge in [0, 0.05) is 11.8 Å². The first-order chi connectivity index (χ1) is 12.6. The van der Waals surface area contributed by atoms with E-state index in [0.29, 0.717) is 17.3 Å². The number of pyridine rings is 1. The second kappa shape index (κ2) is 6.71. The molecule has 1 amide bonds. The summed E-state index contributed by atoms with van der Waals surface area (Å²) in [6.07, 6.45) is 6.55. The molecule has 3 aromatic rings. The van der Waals surface area contributed by atoms with Crippen LogP contribution in [0.1, 0.15) is 59.3 Å². The van der Waals surface area contributed by atoms with Crippen LogP contribution in [0.5, 0.6) is 0 Å². The number of nitrogens with one attached hydrogen (secondary N) is 1. The van der Waals surface area contributed by atoms with Crippen LogP contribution in [0.2, 0.25) is 0 Å². The van der Waals surface area contributed by atoms with Crippen LogP contribution in [0.4, 0.5) is 0 Å². The zero-order chi connectivity index (χ0) is 18.1. The maximum atomic E-state index is 12.8. The largest absolute Gasteiger partial charge is 0.345 e. The van der Waals surface area contributed by atoms with Crippen molar-refractivity contribution in [3.8, 4) is 5.82 Å². The van der Waals surface area contributed by atoms with E-state index in [2.05, 4.69) is 52.4 Å². The van der Waals surface area contributed by atoms with Gasteiger partial charge in [0.05, 0.1) is 6.04 Å². The molecular weight excluding hydrogens is 326 g/mol. The predicted molar refractivity (Wildman–Crippen MR) is 98.2 cm³/mol. The monoisotopic (exact) mass is 347 g/mol. The van der Waals surface area contributed by atoms with E-state index in [0.717, 1.165) is 12.8 Å². The van der Waals surface area contributed by atoms with Crippen molar-refractivity contribution in [2.75, 3.05) is 0 Å². The second-order valence-electron chi connectivity index (χ2n) is 6.92. The molecule has 6 heteroatoms. The molecule has 132 valence electrons. The Morgan fingerprint density at radius 2 is 2.15 bits per heavy atom. The average molecular weight is 347 g/mol. The summed E-state index contributed by atoms with van der Waals surface area (Å²) in [7, 11) is 0. The van der Waals surface area contributed by atoms with Crippen LogP contribution in [0.25, 0.3) is 5.82 Å². The van der Waals surface area contributed by atoms with Crippen LogP contribution in [-0.4, -0.2) is 25.7 Å². The Morgan fingerprint density at radius 3 is 2.92 bits per heavy atom. The van der Waals surface area contributed by atoms with E-state index in [-0.39, 0.29) is 11.9 Å². The van der Waals surface area contributed by atoms with Crippen LogP contribution in [-0.2, 0) is 6.42 Å². The fraction of sp³-hybridized carbons (Fsp3) is 0.300. The lowest BCUT2D eigenvalue weighted by Crippen LogP contribution is -2.27. The highest BCUT2D eigenvalue weighted by molar-refractivity contribution is 5.94. The molecule has 1 aliphatic carbocycles. The number of rotatable bonds is 4. The van der Waals surface area contributed by atoms with Crippen molar-refractivity contribution in [3.05, 3.63) is 71.4 Å². The van der Waals surface area contributed by atoms with Crippen molar-refractivity contribution in [1.29, 1.82) is 0 Å². The molecule has 0 spiro atoms. The topological polar surface area (TPSA) is 72.7 Å². The van der Waals surface area contributed by atoms with Gasteiger partial charge < -0.3 is 5.32 Å². The normalized spacial score (nSPS) is 15.9. The highest BCUT2D eigenvalue weighted by atomic mass is 16.1. The van der Waals surface area contributed by atoms with Crippen molar-refractivity contribution in [3.63, 3.8) is 0 Å². The number of hydrogen-bond donors (Lipinski definition) is 1. The minimum absolute atomic E-state index is 0.0548. The molecule has 1 aromatic carbocycles. The summed E-state index contributed by atoms with van der Waals surface area (Å²) in [6, 6.07) is 10.1. The molecular formula is C20H21N5O. The molecule has 0 saturated heterocycles. The molecule has 1 unspecified atom stereocenters. The first kappa shape index (κ1) is 16.4. The Labute approximate surface area is 152 Å². The molecule has 0 aliphatic heterocycles. The van der Waals surface area contributed by atoms with Gasteiger partial charge in [0.15, 0.2) is 5.82 Å². The standard InChI is InChI=1S/C20H21N5O/c1-13(2)15-4-3-14-5-6-18(17(14)9-15)24-20(26)16-7-8-22-19(10-16)25-12-21-11-23-25/h3-4,7-13,18H,5-6H2,1-2H3,(H,24,26). The number of aryl methyl sites for hydroxylation is 1. The number of nitrogens with zero attached hydrogens (tertiary/aromatic N) is 4. The van der Waals surface area contributed by atoms with Crippen molar-refractivity contribution < 1.29 is 4.79 Å². The molecule has 0 fully saturated rings. The van der Waals surface area contributed by atoms with Crippen molar-refractivity contribution in [1.82, 2.24) is 25.1 Å². The number of hydrogen-bond acceptors (Lipinski definition) is 4. The van der Waals surface area contributed by atoms with Crippen LogP contribution in [0.3, 0.4) is 0 Å². The molecule has 0 bridgehead atoms. The van der Waals surface area contributed by atoms with Gasteiger partial charge >= 0.3 is 0 Å². The number of carbonyl (C=O) groups excluding carboxylic acids is 1. The summed E-state index contributed by atoms with van der Waals surface area (Å²) in [6.45, 7) is 4.37. The maximum absolute atomic E-state index is 12.8. The van der Waals surface area contributed by atoms with Gasteiger partial charge in [0.1, 0.15) is 12.7 Å². The fourth-order valence-corrected chi connectivity index (χ4v) is 3.38. The smallest absolute Gasteiger partial charge is 0.251 e. The van der Waals surface area contributed by atoms with Crippen molar-refractivity contribution in [2.24, 2.45) is 0 Å². The molecule has 2 aromatic heterocycles. The van der Waals surface area contributed by atoms with E-state index in [9.17, 15) is 4.79 Å². The molecule has 0 saturated carbocycles. The second-order valence-corrected chi connectivity index (χ2v) is 6.92. The SMILES string of the molecule is CC(C)c1ccc2c(c1)C(NC(=O)c1ccnc(-n3cncn3)c1)CC2. The zero-order valence-corrected chi connectivity index (χ0v) is 14.9. The number of carbonyl (C=O) groups is 1. The Morgan fingerprint density at radius 1 is 1.27 bits per heavy atom. The third kappa shape index (κ3) is 3.10. The molecule has 2 heterocycles. The van der Waals surface area contributed by atoms with Gasteiger partial charge in [0.25, 0.3) is 5.91 Å². The van der Waals surface area contributed by atoms with Gasteiger partial charge in [0.2, 0.25) is 0 Å². The lowest BCUT2D eigenvalue weighted by molar-refractivity contribution is 0.0936. The van der Waals surface area contributed by atoms with Crippen LogP contribution < -0.4 is 5.32 Å². The van der Waals surface area contributed by atoms with Crippen LogP contribution in [0, 0.1) is 0 Å². The number of amides is 1. The summed E-state index contributed by atoms with van der Waals surface area (Å²) in [5.41, 5.74) is 4.45. The Kier molecular flexibility index (Phi) is 4.24. The summed E-state index contributed by atoms with van der Waals surface area (Å²) >= 11 is 0. The molecule has 1 N–H and O–H groups in total. The lowest BCUT2D eigenvalue weighted by Gasteiger charge is -2.16. The number of aromatic nitrogens is 4. The minimum Gasteiger partial charge on any atom is -0.345 e. The third-order valence-electron chi connectivity index (χ3n) is 4.88. The molecule has 6 nitrogen and oxygen atoms in total. The molecule has 1 aliphatic rings. The Balaban J connectivity index is 1.55.